The highest BCUT2D eigenvalue weighted by Crippen LogP contribution is 2.43. The molecule has 2 aliphatic heterocycles. The fourth-order valence-corrected chi connectivity index (χ4v) is 3.66. The summed E-state index contributed by atoms with van der Waals surface area (Å²) in [6.07, 6.45) is 5.85. The Bertz CT molecular complexity index is 332. The molecule has 2 heterocycles. The maximum atomic E-state index is 12.5. The smallest absolute Gasteiger partial charge is 0.244 e. The van der Waals surface area contributed by atoms with Crippen LogP contribution in [0.3, 0.4) is 0 Å². The first-order valence-electron chi connectivity index (χ1n) is 7.49. The van der Waals surface area contributed by atoms with Crippen molar-refractivity contribution in [3.8, 4) is 0 Å². The van der Waals surface area contributed by atoms with Crippen molar-refractivity contribution < 1.29 is 4.79 Å². The molecular formula is C14H25N3O. The molecule has 3 aliphatic rings. The van der Waals surface area contributed by atoms with E-state index in [4.69, 9.17) is 0 Å². The lowest BCUT2D eigenvalue weighted by molar-refractivity contribution is -0.133. The van der Waals surface area contributed by atoms with Crippen molar-refractivity contribution in [2.24, 2.45) is 0 Å². The number of carbonyl (C=O) groups is 1. The molecule has 0 aromatic carbocycles. The molecule has 0 aromatic heterocycles. The third-order valence-electron chi connectivity index (χ3n) is 4.79. The summed E-state index contributed by atoms with van der Waals surface area (Å²) in [6.45, 7) is 7.89. The molecule has 0 radical (unpaired) electrons. The Morgan fingerprint density at radius 3 is 2.50 bits per heavy atom. The molecule has 18 heavy (non-hydrogen) atoms. The van der Waals surface area contributed by atoms with Crippen LogP contribution in [-0.4, -0.2) is 53.1 Å². The van der Waals surface area contributed by atoms with E-state index in [0.717, 1.165) is 38.8 Å². The minimum Gasteiger partial charge on any atom is -0.323 e. The standard InChI is InChI=1S/C14H25N3O/c1-3-8-16-9-4-12(5-10-16)17-11(2)15-14(6-7-14)13(17)18/h11-12,15H,3-10H2,1-2H3. The molecule has 1 atom stereocenters. The summed E-state index contributed by atoms with van der Waals surface area (Å²) in [4.78, 5) is 17.1. The summed E-state index contributed by atoms with van der Waals surface area (Å²) in [7, 11) is 0. The van der Waals surface area contributed by atoms with E-state index < -0.39 is 0 Å². The van der Waals surface area contributed by atoms with Crippen LogP contribution in [0, 0.1) is 0 Å². The zero-order valence-electron chi connectivity index (χ0n) is 11.6. The molecule has 1 spiro atoms. The van der Waals surface area contributed by atoms with Gasteiger partial charge in [0.25, 0.3) is 0 Å². The van der Waals surface area contributed by atoms with Gasteiger partial charge in [0.1, 0.15) is 0 Å². The van der Waals surface area contributed by atoms with Gasteiger partial charge in [-0.25, -0.2) is 0 Å². The summed E-state index contributed by atoms with van der Waals surface area (Å²) in [5.74, 6) is 0.379. The molecule has 2 saturated heterocycles. The van der Waals surface area contributed by atoms with Crippen LogP contribution in [0.15, 0.2) is 0 Å². The Morgan fingerprint density at radius 1 is 1.33 bits per heavy atom. The molecule has 1 unspecified atom stereocenters. The van der Waals surface area contributed by atoms with E-state index in [-0.39, 0.29) is 11.7 Å². The van der Waals surface area contributed by atoms with Gasteiger partial charge in [0.05, 0.1) is 11.7 Å². The Labute approximate surface area is 110 Å². The van der Waals surface area contributed by atoms with E-state index in [9.17, 15) is 4.79 Å². The zero-order chi connectivity index (χ0) is 12.8. The summed E-state index contributed by atoms with van der Waals surface area (Å²) in [5, 5.41) is 3.50. The minimum atomic E-state index is -0.139. The van der Waals surface area contributed by atoms with Gasteiger partial charge in [0.15, 0.2) is 0 Å². The predicted octanol–water partition coefficient (Wildman–Crippen LogP) is 1.17. The van der Waals surface area contributed by atoms with E-state index in [1.807, 2.05) is 0 Å². The number of rotatable bonds is 3. The molecule has 1 saturated carbocycles. The average molecular weight is 251 g/mol. The van der Waals surface area contributed by atoms with E-state index in [1.54, 1.807) is 0 Å². The Kier molecular flexibility index (Phi) is 3.10. The molecule has 4 heteroatoms. The van der Waals surface area contributed by atoms with E-state index in [1.165, 1.54) is 13.0 Å². The van der Waals surface area contributed by atoms with Gasteiger partial charge in [-0.3, -0.25) is 10.1 Å². The summed E-state index contributed by atoms with van der Waals surface area (Å²) < 4.78 is 0. The molecule has 0 bridgehead atoms. The largest absolute Gasteiger partial charge is 0.323 e. The van der Waals surface area contributed by atoms with Gasteiger partial charge in [-0.1, -0.05) is 6.92 Å². The van der Waals surface area contributed by atoms with Crippen LogP contribution in [0.5, 0.6) is 0 Å². The van der Waals surface area contributed by atoms with Crippen LogP contribution in [0.25, 0.3) is 0 Å². The van der Waals surface area contributed by atoms with Gasteiger partial charge in [-0.15, -0.1) is 0 Å². The topological polar surface area (TPSA) is 35.6 Å². The Morgan fingerprint density at radius 2 is 2.00 bits per heavy atom. The summed E-state index contributed by atoms with van der Waals surface area (Å²) in [6, 6.07) is 0.466. The van der Waals surface area contributed by atoms with Crippen molar-refractivity contribution in [3.63, 3.8) is 0 Å². The van der Waals surface area contributed by atoms with Gasteiger partial charge in [-0.2, -0.15) is 0 Å². The van der Waals surface area contributed by atoms with Crippen LogP contribution in [0.1, 0.15) is 46.0 Å². The molecule has 0 aromatic rings. The number of piperidine rings is 1. The first kappa shape index (κ1) is 12.4. The van der Waals surface area contributed by atoms with Crippen molar-refractivity contribution in [1.29, 1.82) is 0 Å². The fourth-order valence-electron chi connectivity index (χ4n) is 3.66. The lowest BCUT2D eigenvalue weighted by Crippen LogP contribution is -2.49. The van der Waals surface area contributed by atoms with Crippen molar-refractivity contribution in [2.45, 2.75) is 63.7 Å². The molecule has 3 rings (SSSR count). The van der Waals surface area contributed by atoms with Crippen LogP contribution >= 0.6 is 0 Å². The van der Waals surface area contributed by atoms with Crippen molar-refractivity contribution in [3.05, 3.63) is 0 Å². The summed E-state index contributed by atoms with van der Waals surface area (Å²) in [5.41, 5.74) is -0.139. The average Bonchev–Trinajstić information content (AvgIpc) is 3.07. The fraction of sp³-hybridized carbons (Fsp3) is 0.929. The van der Waals surface area contributed by atoms with Crippen molar-refractivity contribution in [1.82, 2.24) is 15.1 Å². The Hall–Kier alpha value is -0.610. The molecular weight excluding hydrogens is 226 g/mol. The lowest BCUT2D eigenvalue weighted by Gasteiger charge is -2.38. The maximum Gasteiger partial charge on any atom is 0.244 e. The highest BCUT2D eigenvalue weighted by Gasteiger charge is 2.59. The normalized spacial score (nSPS) is 32.4. The third-order valence-corrected chi connectivity index (χ3v) is 4.79. The molecule has 1 aliphatic carbocycles. The van der Waals surface area contributed by atoms with E-state index in [0.29, 0.717) is 11.9 Å². The van der Waals surface area contributed by atoms with Gasteiger partial charge >= 0.3 is 0 Å². The lowest BCUT2D eigenvalue weighted by atomic mass is 10.0. The summed E-state index contributed by atoms with van der Waals surface area (Å²) >= 11 is 0. The highest BCUT2D eigenvalue weighted by atomic mass is 16.2. The SMILES string of the molecule is CCCN1CCC(N2C(=O)C3(CC3)NC2C)CC1. The van der Waals surface area contributed by atoms with Gasteiger partial charge in [0, 0.05) is 19.1 Å². The molecule has 1 amide bonds. The Balaban J connectivity index is 1.61. The number of nitrogens with one attached hydrogen (secondary N) is 1. The maximum absolute atomic E-state index is 12.5. The second-order valence-corrected chi connectivity index (χ2v) is 6.19. The van der Waals surface area contributed by atoms with Crippen molar-refractivity contribution >= 4 is 5.91 Å². The number of likely N-dealkylation sites (tertiary alicyclic amines) is 1. The minimum absolute atomic E-state index is 0.139. The second kappa shape index (κ2) is 4.49. The number of hydrogen-bond donors (Lipinski definition) is 1. The predicted molar refractivity (Wildman–Crippen MR) is 71.2 cm³/mol. The van der Waals surface area contributed by atoms with E-state index in [2.05, 4.69) is 29.0 Å². The number of nitrogens with zero attached hydrogens (tertiary/aromatic N) is 2. The van der Waals surface area contributed by atoms with E-state index >= 15 is 0 Å². The van der Waals surface area contributed by atoms with Gasteiger partial charge in [0.2, 0.25) is 5.91 Å². The van der Waals surface area contributed by atoms with Crippen molar-refractivity contribution in [2.75, 3.05) is 19.6 Å². The highest BCUT2D eigenvalue weighted by molar-refractivity contribution is 5.92. The van der Waals surface area contributed by atoms with Gasteiger partial charge in [-0.05, 0) is 45.6 Å². The first-order valence-corrected chi connectivity index (χ1v) is 7.49. The van der Waals surface area contributed by atoms with Crippen LogP contribution < -0.4 is 5.32 Å². The molecule has 3 fully saturated rings. The quantitative estimate of drug-likeness (QED) is 0.818. The van der Waals surface area contributed by atoms with Gasteiger partial charge < -0.3 is 9.80 Å². The monoisotopic (exact) mass is 251 g/mol. The molecule has 1 N–H and O–H groups in total. The van der Waals surface area contributed by atoms with Crippen LogP contribution in [0.4, 0.5) is 0 Å². The van der Waals surface area contributed by atoms with Crippen LogP contribution in [-0.2, 0) is 4.79 Å². The molecule has 102 valence electrons. The second-order valence-electron chi connectivity index (χ2n) is 6.19. The zero-order valence-corrected chi connectivity index (χ0v) is 11.6. The van der Waals surface area contributed by atoms with Crippen LogP contribution in [0.2, 0.25) is 0 Å². The number of amides is 1. The number of carbonyl (C=O) groups excluding carboxylic acids is 1. The third kappa shape index (κ3) is 1.95. The first-order chi connectivity index (χ1) is 8.66. The number of hydrogen-bond acceptors (Lipinski definition) is 3. The molecule has 4 nitrogen and oxygen atoms in total.